The number of nitrogens with zero attached hydrogens (tertiary/aromatic N) is 4. The molecule has 196 valence electrons. The maximum absolute atomic E-state index is 14.4. The standard InChI is InChI=1S/C30H33FN6O/c1-4-19-12-22(13-19)37-27-14-20(5-6-23(27)30(29(37)38)7-9-33-10-8-30)25-15-21(32-3)16-28(35-25)36-26-11-18(2)34-17-24(26)31/h5-6,11,14-17,19,22,33H,3-4,7-10,12-13H2,1-2H3,(H,34,35,36). The Morgan fingerprint density at radius 3 is 2.74 bits per heavy atom. The highest BCUT2D eigenvalue weighted by Gasteiger charge is 2.54. The summed E-state index contributed by atoms with van der Waals surface area (Å²) in [6, 6.07) is 11.8. The summed E-state index contributed by atoms with van der Waals surface area (Å²) < 4.78 is 14.4. The molecule has 1 spiro atoms. The molecule has 1 saturated carbocycles. The topological polar surface area (TPSA) is 82.5 Å². The van der Waals surface area contributed by atoms with Crippen molar-refractivity contribution in [3.05, 3.63) is 59.7 Å². The summed E-state index contributed by atoms with van der Waals surface area (Å²) in [5.74, 6) is 0.945. The maximum atomic E-state index is 14.4. The van der Waals surface area contributed by atoms with Gasteiger partial charge in [-0.05, 0) is 82.1 Å². The Balaban J connectivity index is 1.41. The summed E-state index contributed by atoms with van der Waals surface area (Å²) in [6.45, 7) is 9.42. The second-order valence-corrected chi connectivity index (χ2v) is 10.8. The summed E-state index contributed by atoms with van der Waals surface area (Å²) in [7, 11) is 0. The third-order valence-corrected chi connectivity index (χ3v) is 8.55. The number of benzene rings is 1. The Morgan fingerprint density at radius 1 is 1.21 bits per heavy atom. The van der Waals surface area contributed by atoms with Crippen molar-refractivity contribution in [3.8, 4) is 11.3 Å². The molecule has 2 fully saturated rings. The van der Waals surface area contributed by atoms with Crippen LogP contribution in [0.15, 0.2) is 47.6 Å². The number of carbonyl (C=O) groups is 1. The lowest BCUT2D eigenvalue weighted by Crippen LogP contribution is -2.52. The number of hydrogen-bond acceptors (Lipinski definition) is 6. The highest BCUT2D eigenvalue weighted by Crippen LogP contribution is 2.51. The van der Waals surface area contributed by atoms with Gasteiger partial charge in [0.2, 0.25) is 5.91 Å². The summed E-state index contributed by atoms with van der Waals surface area (Å²) >= 11 is 0. The van der Waals surface area contributed by atoms with E-state index in [2.05, 4.69) is 51.3 Å². The second kappa shape index (κ2) is 9.58. The molecule has 8 heteroatoms. The van der Waals surface area contributed by atoms with Crippen molar-refractivity contribution in [2.24, 2.45) is 10.9 Å². The molecule has 38 heavy (non-hydrogen) atoms. The van der Waals surface area contributed by atoms with Crippen molar-refractivity contribution >= 4 is 35.5 Å². The van der Waals surface area contributed by atoms with Gasteiger partial charge in [0.15, 0.2) is 5.82 Å². The van der Waals surface area contributed by atoms with Gasteiger partial charge >= 0.3 is 0 Å². The number of hydrogen-bond donors (Lipinski definition) is 2. The van der Waals surface area contributed by atoms with Gasteiger partial charge in [0, 0.05) is 29.1 Å². The van der Waals surface area contributed by atoms with Crippen molar-refractivity contribution in [1.82, 2.24) is 15.3 Å². The van der Waals surface area contributed by atoms with Crippen molar-refractivity contribution in [2.45, 2.75) is 57.4 Å². The van der Waals surface area contributed by atoms with Crippen LogP contribution in [0, 0.1) is 18.7 Å². The fourth-order valence-electron chi connectivity index (χ4n) is 6.29. The average Bonchev–Trinajstić information content (AvgIpc) is 3.13. The van der Waals surface area contributed by atoms with E-state index in [0.717, 1.165) is 62.0 Å². The summed E-state index contributed by atoms with van der Waals surface area (Å²) in [4.78, 5) is 29.1. The monoisotopic (exact) mass is 512 g/mol. The van der Waals surface area contributed by atoms with Gasteiger partial charge in [0.1, 0.15) is 5.82 Å². The van der Waals surface area contributed by atoms with E-state index in [1.165, 1.54) is 6.20 Å². The van der Waals surface area contributed by atoms with Gasteiger partial charge in [-0.25, -0.2) is 9.37 Å². The van der Waals surface area contributed by atoms with Gasteiger partial charge in [0.25, 0.3) is 0 Å². The van der Waals surface area contributed by atoms with E-state index in [1.54, 1.807) is 12.1 Å². The zero-order chi connectivity index (χ0) is 26.4. The maximum Gasteiger partial charge on any atom is 0.238 e. The Labute approximate surface area is 222 Å². The van der Waals surface area contributed by atoms with E-state index < -0.39 is 11.2 Å². The number of anilines is 3. The van der Waals surface area contributed by atoms with Crippen LogP contribution in [0.5, 0.6) is 0 Å². The van der Waals surface area contributed by atoms with Crippen LogP contribution in [0.4, 0.5) is 27.3 Å². The molecule has 6 rings (SSSR count). The van der Waals surface area contributed by atoms with Crippen molar-refractivity contribution in [1.29, 1.82) is 0 Å². The molecule has 0 bridgehead atoms. The lowest BCUT2D eigenvalue weighted by molar-refractivity contribution is -0.125. The molecule has 0 unspecified atom stereocenters. The predicted molar refractivity (Wildman–Crippen MR) is 149 cm³/mol. The molecule has 0 radical (unpaired) electrons. The third-order valence-electron chi connectivity index (χ3n) is 8.55. The first-order valence-electron chi connectivity index (χ1n) is 13.5. The first-order valence-corrected chi connectivity index (χ1v) is 13.5. The Kier molecular flexibility index (Phi) is 6.22. The lowest BCUT2D eigenvalue weighted by Gasteiger charge is -2.42. The largest absolute Gasteiger partial charge is 0.338 e. The summed E-state index contributed by atoms with van der Waals surface area (Å²) in [5.41, 5.74) is 4.89. The zero-order valence-corrected chi connectivity index (χ0v) is 21.9. The van der Waals surface area contributed by atoms with Crippen LogP contribution < -0.4 is 15.5 Å². The molecule has 1 aliphatic carbocycles. The van der Waals surface area contributed by atoms with E-state index in [1.807, 2.05) is 19.1 Å². The number of halogens is 1. The lowest BCUT2D eigenvalue weighted by atomic mass is 9.73. The fraction of sp³-hybridized carbons (Fsp3) is 0.400. The molecule has 3 aliphatic rings. The number of aliphatic imine (C=N–C) groups is 1. The van der Waals surface area contributed by atoms with Gasteiger partial charge in [-0.3, -0.25) is 14.8 Å². The third kappa shape index (κ3) is 4.07. The molecule has 1 saturated heterocycles. The molecule has 2 N–H and O–H groups in total. The zero-order valence-electron chi connectivity index (χ0n) is 21.9. The minimum atomic E-state index is -0.458. The Hall–Kier alpha value is -3.65. The number of pyridine rings is 2. The molecule has 2 aliphatic heterocycles. The Bertz CT molecular complexity index is 1410. The van der Waals surface area contributed by atoms with Crippen molar-refractivity contribution in [3.63, 3.8) is 0 Å². The number of piperidine rings is 1. The summed E-state index contributed by atoms with van der Waals surface area (Å²) in [5, 5.41) is 6.50. The van der Waals surface area contributed by atoms with Gasteiger partial charge in [-0.2, -0.15) is 0 Å². The number of aromatic nitrogens is 2. The van der Waals surface area contributed by atoms with Crippen LogP contribution in [0.2, 0.25) is 0 Å². The van der Waals surface area contributed by atoms with E-state index in [4.69, 9.17) is 4.98 Å². The molecule has 0 atom stereocenters. The van der Waals surface area contributed by atoms with Gasteiger partial charge in [-0.15, -0.1) is 0 Å². The minimum Gasteiger partial charge on any atom is -0.338 e. The molecule has 1 aromatic carbocycles. The number of nitrogens with one attached hydrogen (secondary N) is 2. The number of fused-ring (bicyclic) bond motifs is 2. The van der Waals surface area contributed by atoms with Gasteiger partial charge in [-0.1, -0.05) is 25.5 Å². The van der Waals surface area contributed by atoms with E-state index in [-0.39, 0.29) is 11.9 Å². The predicted octanol–water partition coefficient (Wildman–Crippen LogP) is 5.82. The number of amides is 1. The Morgan fingerprint density at radius 2 is 2.00 bits per heavy atom. The molecular weight excluding hydrogens is 479 g/mol. The van der Waals surface area contributed by atoms with Gasteiger partial charge in [0.05, 0.1) is 28.7 Å². The number of aryl methyl sites for hydroxylation is 1. The average molecular weight is 513 g/mol. The molecule has 2 aromatic heterocycles. The van der Waals surface area contributed by atoms with Crippen molar-refractivity contribution < 1.29 is 9.18 Å². The van der Waals surface area contributed by atoms with Crippen LogP contribution in [-0.2, 0) is 10.2 Å². The first kappa shape index (κ1) is 24.7. The number of rotatable bonds is 6. The molecule has 1 amide bonds. The molecule has 4 heterocycles. The number of carbonyl (C=O) groups excluding carboxylic acids is 1. The van der Waals surface area contributed by atoms with E-state index in [0.29, 0.717) is 34.5 Å². The van der Waals surface area contributed by atoms with Crippen LogP contribution in [-0.4, -0.2) is 41.7 Å². The molecule has 7 nitrogen and oxygen atoms in total. The normalized spacial score (nSPS) is 21.8. The van der Waals surface area contributed by atoms with E-state index in [9.17, 15) is 9.18 Å². The van der Waals surface area contributed by atoms with Crippen LogP contribution >= 0.6 is 0 Å². The minimum absolute atomic E-state index is 0.250. The quantitative estimate of drug-likeness (QED) is 0.407. The fourth-order valence-corrected chi connectivity index (χ4v) is 6.29. The van der Waals surface area contributed by atoms with Crippen LogP contribution in [0.25, 0.3) is 11.3 Å². The highest BCUT2D eigenvalue weighted by molar-refractivity contribution is 6.09. The highest BCUT2D eigenvalue weighted by atomic mass is 19.1. The van der Waals surface area contributed by atoms with Crippen LogP contribution in [0.1, 0.15) is 50.3 Å². The first-order chi connectivity index (χ1) is 18.4. The van der Waals surface area contributed by atoms with E-state index >= 15 is 0 Å². The summed E-state index contributed by atoms with van der Waals surface area (Å²) in [6.07, 6.45) is 6.09. The van der Waals surface area contributed by atoms with Crippen LogP contribution in [0.3, 0.4) is 0 Å². The van der Waals surface area contributed by atoms with Crippen molar-refractivity contribution in [2.75, 3.05) is 23.3 Å². The molecular formula is C30H33FN6O. The molecule has 3 aromatic rings. The SMILES string of the molecule is C=Nc1cc(Nc2cc(C)ncc2F)nc(-c2ccc3c(c2)N(C2CC(CC)C2)C(=O)C32CCNCC2)c1. The smallest absolute Gasteiger partial charge is 0.238 e. The second-order valence-electron chi connectivity index (χ2n) is 10.8. The van der Waals surface area contributed by atoms with Gasteiger partial charge < -0.3 is 15.5 Å².